The maximum Gasteiger partial charge on any atom is 0.239 e. The number of amides is 2. The first-order valence-corrected chi connectivity index (χ1v) is 10.7. The van der Waals surface area contributed by atoms with Crippen molar-refractivity contribution in [1.29, 1.82) is 0 Å². The number of carbonyl (C=O) groups excluding carboxylic acids is 2. The number of hydrogen-bond acceptors (Lipinski definition) is 2. The summed E-state index contributed by atoms with van der Waals surface area (Å²) in [5.41, 5.74) is 3.09. The van der Waals surface area contributed by atoms with Gasteiger partial charge in [-0.05, 0) is 62.1 Å². The average Bonchev–Trinajstić information content (AvgIpc) is 2.98. The van der Waals surface area contributed by atoms with Crippen LogP contribution in [0.25, 0.3) is 0 Å². The monoisotopic (exact) mass is 446 g/mol. The molecule has 2 amide bonds. The molecular formula is C24H28Cl2N2O2. The summed E-state index contributed by atoms with van der Waals surface area (Å²) in [5.74, 6) is -0.148. The fourth-order valence-corrected chi connectivity index (χ4v) is 4.27. The Morgan fingerprint density at radius 2 is 1.87 bits per heavy atom. The number of rotatable bonds is 5. The lowest BCUT2D eigenvalue weighted by Crippen LogP contribution is -2.38. The lowest BCUT2D eigenvalue weighted by atomic mass is 9.70. The van der Waals surface area contributed by atoms with Crippen LogP contribution >= 0.6 is 23.2 Å². The molecule has 1 heterocycles. The third-order valence-corrected chi connectivity index (χ3v) is 5.81. The van der Waals surface area contributed by atoms with E-state index in [4.69, 9.17) is 23.2 Å². The lowest BCUT2D eigenvalue weighted by Gasteiger charge is -2.30. The summed E-state index contributed by atoms with van der Waals surface area (Å²) >= 11 is 11.7. The molecule has 1 atom stereocenters. The van der Waals surface area contributed by atoms with E-state index in [1.807, 2.05) is 57.2 Å². The van der Waals surface area contributed by atoms with Crippen LogP contribution in [0.5, 0.6) is 0 Å². The second-order valence-corrected chi connectivity index (χ2v) is 8.06. The first kappa shape index (κ1) is 24.0. The van der Waals surface area contributed by atoms with Gasteiger partial charge in [0.05, 0.1) is 5.41 Å². The SMILES string of the molecule is C/C=C(\CC)[C@]1(CCC(=O)NC)C(=O)Nc2cc(Cl)ccc21.Cc1cccc(Cl)c1. The van der Waals surface area contributed by atoms with E-state index in [0.717, 1.165) is 28.3 Å². The summed E-state index contributed by atoms with van der Waals surface area (Å²) in [6.45, 7) is 5.98. The van der Waals surface area contributed by atoms with E-state index in [1.165, 1.54) is 5.56 Å². The van der Waals surface area contributed by atoms with Gasteiger partial charge in [0.15, 0.2) is 0 Å². The standard InChI is InChI=1S/C17H21ClN2O2.C7H7Cl/c1-4-11(5-2)17(9-8-15(21)19-3)13-7-6-12(18)10-14(13)20-16(17)22;1-6-3-2-4-7(8)5-6/h4,6-7,10H,5,8-9H2,1-3H3,(H,19,21)(H,20,22);2-5H,1H3/b11-4+;/t17-;/m0./s1. The van der Waals surface area contributed by atoms with Crippen LogP contribution in [0.3, 0.4) is 0 Å². The molecule has 0 saturated heterocycles. The van der Waals surface area contributed by atoms with Crippen LogP contribution in [0.4, 0.5) is 5.69 Å². The lowest BCUT2D eigenvalue weighted by molar-refractivity contribution is -0.122. The van der Waals surface area contributed by atoms with Crippen LogP contribution in [0.2, 0.25) is 10.0 Å². The Morgan fingerprint density at radius 3 is 2.40 bits per heavy atom. The van der Waals surface area contributed by atoms with Gasteiger partial charge >= 0.3 is 0 Å². The van der Waals surface area contributed by atoms with Crippen molar-refractivity contribution in [3.8, 4) is 0 Å². The molecular weight excluding hydrogens is 419 g/mol. The molecule has 1 aliphatic rings. The zero-order valence-corrected chi connectivity index (χ0v) is 19.3. The van der Waals surface area contributed by atoms with E-state index in [0.29, 0.717) is 17.9 Å². The van der Waals surface area contributed by atoms with E-state index in [1.54, 1.807) is 19.2 Å². The van der Waals surface area contributed by atoms with Crippen LogP contribution in [0.1, 0.15) is 44.2 Å². The van der Waals surface area contributed by atoms with Crippen LogP contribution in [0.15, 0.2) is 54.1 Å². The summed E-state index contributed by atoms with van der Waals surface area (Å²) in [4.78, 5) is 24.5. The summed E-state index contributed by atoms with van der Waals surface area (Å²) in [6.07, 6.45) is 3.47. The Hall–Kier alpha value is -2.30. The third-order valence-electron chi connectivity index (χ3n) is 5.34. The summed E-state index contributed by atoms with van der Waals surface area (Å²) in [6, 6.07) is 13.2. The molecule has 0 spiro atoms. The first-order valence-electron chi connectivity index (χ1n) is 9.98. The zero-order chi connectivity index (χ0) is 22.3. The van der Waals surface area contributed by atoms with Gasteiger partial charge in [0.1, 0.15) is 0 Å². The van der Waals surface area contributed by atoms with Crippen molar-refractivity contribution < 1.29 is 9.59 Å². The molecule has 30 heavy (non-hydrogen) atoms. The van der Waals surface area contributed by atoms with Gasteiger partial charge in [0.2, 0.25) is 11.8 Å². The molecule has 2 aromatic carbocycles. The minimum Gasteiger partial charge on any atom is -0.359 e. The molecule has 0 bridgehead atoms. The van der Waals surface area contributed by atoms with Crippen LogP contribution in [0, 0.1) is 6.92 Å². The molecule has 160 valence electrons. The molecule has 0 radical (unpaired) electrons. The van der Waals surface area contributed by atoms with E-state index in [2.05, 4.69) is 10.6 Å². The van der Waals surface area contributed by atoms with Crippen molar-refractivity contribution in [2.45, 2.75) is 45.4 Å². The fourth-order valence-electron chi connectivity index (χ4n) is 3.85. The van der Waals surface area contributed by atoms with Crippen molar-refractivity contribution in [2.24, 2.45) is 0 Å². The Morgan fingerprint density at radius 1 is 1.17 bits per heavy atom. The minimum absolute atomic E-state index is 0.0684. The molecule has 4 nitrogen and oxygen atoms in total. The quantitative estimate of drug-likeness (QED) is 0.548. The molecule has 1 aliphatic heterocycles. The van der Waals surface area contributed by atoms with Crippen molar-refractivity contribution in [1.82, 2.24) is 5.32 Å². The van der Waals surface area contributed by atoms with Crippen molar-refractivity contribution in [2.75, 3.05) is 12.4 Å². The number of fused-ring (bicyclic) bond motifs is 1. The number of allylic oxidation sites excluding steroid dienone is 1. The van der Waals surface area contributed by atoms with Crippen molar-refractivity contribution >= 4 is 40.7 Å². The first-order chi connectivity index (χ1) is 14.3. The van der Waals surface area contributed by atoms with Gasteiger partial charge in [0, 0.05) is 29.2 Å². The Kier molecular flexibility index (Phi) is 8.51. The third kappa shape index (κ3) is 5.24. The average molecular weight is 447 g/mol. The topological polar surface area (TPSA) is 58.2 Å². The highest BCUT2D eigenvalue weighted by Gasteiger charge is 2.48. The normalized spacial score (nSPS) is 17.5. The molecule has 0 unspecified atom stereocenters. The molecule has 2 N–H and O–H groups in total. The van der Waals surface area contributed by atoms with E-state index >= 15 is 0 Å². The van der Waals surface area contributed by atoms with Crippen LogP contribution < -0.4 is 10.6 Å². The maximum absolute atomic E-state index is 12.8. The molecule has 0 aromatic heterocycles. The Labute approximate surface area is 188 Å². The number of anilines is 1. The van der Waals surface area contributed by atoms with Crippen LogP contribution in [-0.4, -0.2) is 18.9 Å². The van der Waals surface area contributed by atoms with Gasteiger partial charge in [-0.3, -0.25) is 9.59 Å². The number of benzene rings is 2. The smallest absolute Gasteiger partial charge is 0.239 e. The summed E-state index contributed by atoms with van der Waals surface area (Å²) < 4.78 is 0. The largest absolute Gasteiger partial charge is 0.359 e. The fraction of sp³-hybridized carbons (Fsp3) is 0.333. The van der Waals surface area contributed by atoms with E-state index in [9.17, 15) is 9.59 Å². The van der Waals surface area contributed by atoms with Gasteiger partial charge in [-0.2, -0.15) is 0 Å². The highest BCUT2D eigenvalue weighted by Crippen LogP contribution is 2.47. The Balaban J connectivity index is 0.000000335. The number of nitrogens with one attached hydrogen (secondary N) is 2. The highest BCUT2D eigenvalue weighted by molar-refractivity contribution is 6.31. The number of halogens is 2. The van der Waals surface area contributed by atoms with Gasteiger partial charge in [-0.1, -0.05) is 60.0 Å². The second-order valence-electron chi connectivity index (χ2n) is 7.19. The highest BCUT2D eigenvalue weighted by atomic mass is 35.5. The molecule has 2 aromatic rings. The maximum atomic E-state index is 12.8. The van der Waals surface area contributed by atoms with Crippen molar-refractivity contribution in [3.63, 3.8) is 0 Å². The van der Waals surface area contributed by atoms with Crippen molar-refractivity contribution in [3.05, 3.63) is 75.3 Å². The van der Waals surface area contributed by atoms with E-state index in [-0.39, 0.29) is 11.8 Å². The van der Waals surface area contributed by atoms with Gasteiger partial charge in [-0.15, -0.1) is 0 Å². The predicted molar refractivity (Wildman–Crippen MR) is 125 cm³/mol. The molecule has 3 rings (SSSR count). The van der Waals surface area contributed by atoms with Gasteiger partial charge < -0.3 is 10.6 Å². The number of aryl methyl sites for hydroxylation is 1. The summed E-state index contributed by atoms with van der Waals surface area (Å²) in [5, 5.41) is 6.94. The van der Waals surface area contributed by atoms with Gasteiger partial charge in [0.25, 0.3) is 0 Å². The molecule has 0 fully saturated rings. The van der Waals surface area contributed by atoms with E-state index < -0.39 is 5.41 Å². The minimum atomic E-state index is -0.782. The number of carbonyl (C=O) groups is 2. The van der Waals surface area contributed by atoms with Gasteiger partial charge in [-0.25, -0.2) is 0 Å². The van der Waals surface area contributed by atoms with Crippen LogP contribution in [-0.2, 0) is 15.0 Å². The second kappa shape index (κ2) is 10.6. The molecule has 6 heteroatoms. The molecule has 0 aliphatic carbocycles. The number of hydrogen-bond donors (Lipinski definition) is 2. The Bertz CT molecular complexity index is 939. The predicted octanol–water partition coefficient (Wildman–Crippen LogP) is 6.06. The summed E-state index contributed by atoms with van der Waals surface area (Å²) in [7, 11) is 1.60. The molecule has 0 saturated carbocycles. The zero-order valence-electron chi connectivity index (χ0n) is 17.8.